The first-order valence-corrected chi connectivity index (χ1v) is 7.15. The molecule has 1 aliphatic rings. The van der Waals surface area contributed by atoms with Gasteiger partial charge in [0.25, 0.3) is 0 Å². The van der Waals surface area contributed by atoms with Gasteiger partial charge in [0.15, 0.2) is 11.3 Å². The van der Waals surface area contributed by atoms with Crippen LogP contribution in [0.5, 0.6) is 0 Å². The zero-order chi connectivity index (χ0) is 13.7. The molecule has 0 saturated heterocycles. The highest BCUT2D eigenvalue weighted by Crippen LogP contribution is 2.37. The van der Waals surface area contributed by atoms with Gasteiger partial charge < -0.3 is 15.3 Å². The molecule has 7 heteroatoms. The number of aromatic nitrogens is 1. The number of oxime groups is 1. The number of esters is 1. The summed E-state index contributed by atoms with van der Waals surface area (Å²) < 4.78 is 4.73. The zero-order valence-corrected chi connectivity index (χ0v) is 11.6. The van der Waals surface area contributed by atoms with E-state index in [4.69, 9.17) is 15.3 Å². The summed E-state index contributed by atoms with van der Waals surface area (Å²) in [4.78, 5) is 20.8. The average Bonchev–Trinajstić information content (AvgIpc) is 2.98. The van der Waals surface area contributed by atoms with Crippen LogP contribution in [0.25, 0.3) is 0 Å². The van der Waals surface area contributed by atoms with Crippen molar-refractivity contribution in [3.63, 3.8) is 0 Å². The number of carbonyl (C=O) groups is 1. The largest absolute Gasteiger partial charge is 0.462 e. The number of nitrogen functional groups attached to an aromatic ring is 1. The molecule has 104 valence electrons. The van der Waals surface area contributed by atoms with Crippen molar-refractivity contribution in [1.29, 1.82) is 0 Å². The first-order chi connectivity index (χ1) is 9.20. The summed E-state index contributed by atoms with van der Waals surface area (Å²) in [5, 5.41) is 6.22. The first-order valence-electron chi connectivity index (χ1n) is 6.27. The molecule has 2 rings (SSSR count). The maximum Gasteiger partial charge on any atom is 0.352 e. The molecule has 0 aromatic carbocycles. The van der Waals surface area contributed by atoms with Crippen molar-refractivity contribution in [1.82, 2.24) is 4.98 Å². The Labute approximate surface area is 115 Å². The van der Waals surface area contributed by atoms with Crippen LogP contribution >= 0.6 is 11.3 Å². The van der Waals surface area contributed by atoms with E-state index >= 15 is 0 Å². The Hall–Kier alpha value is -1.63. The Morgan fingerprint density at radius 2 is 2.53 bits per heavy atom. The minimum Gasteiger partial charge on any atom is -0.462 e. The quantitative estimate of drug-likeness (QED) is 0.507. The summed E-state index contributed by atoms with van der Waals surface area (Å²) in [5.41, 5.74) is 6.60. The number of nitrogens with zero attached hydrogens (tertiary/aromatic N) is 2. The minimum atomic E-state index is -0.491. The van der Waals surface area contributed by atoms with Gasteiger partial charge in [-0.05, 0) is 26.2 Å². The predicted molar refractivity (Wildman–Crippen MR) is 73.1 cm³/mol. The van der Waals surface area contributed by atoms with E-state index in [0.717, 1.165) is 31.2 Å². The van der Waals surface area contributed by atoms with Crippen LogP contribution in [0.1, 0.15) is 37.8 Å². The first kappa shape index (κ1) is 13.8. The van der Waals surface area contributed by atoms with Crippen molar-refractivity contribution in [3.8, 4) is 0 Å². The van der Waals surface area contributed by atoms with E-state index in [2.05, 4.69) is 10.1 Å². The fourth-order valence-electron chi connectivity index (χ4n) is 2.19. The Kier molecular flexibility index (Phi) is 4.73. The Balaban J connectivity index is 1.91. The molecule has 1 aliphatic carbocycles. The van der Waals surface area contributed by atoms with Gasteiger partial charge in [0, 0.05) is 11.3 Å². The third kappa shape index (κ3) is 3.66. The van der Waals surface area contributed by atoms with Crippen molar-refractivity contribution in [2.45, 2.75) is 38.2 Å². The molecule has 1 aromatic rings. The number of nitrogens with two attached hydrogens (primary N) is 1. The highest BCUT2D eigenvalue weighted by molar-refractivity contribution is 7.13. The third-order valence-electron chi connectivity index (χ3n) is 3.01. The lowest BCUT2D eigenvalue weighted by molar-refractivity contribution is -0.134. The molecule has 1 heterocycles. The molecule has 19 heavy (non-hydrogen) atoms. The van der Waals surface area contributed by atoms with Crippen LogP contribution in [-0.4, -0.2) is 29.9 Å². The van der Waals surface area contributed by atoms with E-state index in [1.54, 1.807) is 6.92 Å². The van der Waals surface area contributed by atoms with Crippen molar-refractivity contribution in [2.24, 2.45) is 5.16 Å². The van der Waals surface area contributed by atoms with Gasteiger partial charge in [0.1, 0.15) is 6.10 Å². The Morgan fingerprint density at radius 3 is 3.21 bits per heavy atom. The number of hydrogen-bond acceptors (Lipinski definition) is 7. The van der Waals surface area contributed by atoms with E-state index in [-0.39, 0.29) is 12.0 Å². The zero-order valence-electron chi connectivity index (χ0n) is 10.7. The van der Waals surface area contributed by atoms with Gasteiger partial charge in [-0.2, -0.15) is 0 Å². The molecular weight excluding hydrogens is 266 g/mol. The second-order valence-corrected chi connectivity index (χ2v) is 5.17. The molecule has 0 amide bonds. The van der Waals surface area contributed by atoms with Crippen LogP contribution in [0.4, 0.5) is 5.13 Å². The summed E-state index contributed by atoms with van der Waals surface area (Å²) in [7, 11) is 0. The monoisotopic (exact) mass is 283 g/mol. The number of thiazole rings is 1. The van der Waals surface area contributed by atoms with Crippen LogP contribution in [-0.2, 0) is 14.4 Å². The minimum absolute atomic E-state index is 0.0489. The maximum atomic E-state index is 11.1. The van der Waals surface area contributed by atoms with Crippen molar-refractivity contribution in [3.05, 3.63) is 11.1 Å². The van der Waals surface area contributed by atoms with Crippen LogP contribution in [0, 0.1) is 0 Å². The number of carbonyl (C=O) groups excluding carboxylic acids is 1. The second kappa shape index (κ2) is 6.51. The van der Waals surface area contributed by atoms with E-state index < -0.39 is 5.97 Å². The summed E-state index contributed by atoms with van der Waals surface area (Å²) in [5.74, 6) is -0.289. The molecule has 2 N–H and O–H groups in total. The molecule has 1 aromatic heterocycles. The molecule has 0 spiro atoms. The van der Waals surface area contributed by atoms with Gasteiger partial charge in [-0.15, -0.1) is 11.3 Å². The van der Waals surface area contributed by atoms with Gasteiger partial charge in [-0.1, -0.05) is 5.16 Å². The number of ether oxygens (including phenoxy) is 1. The summed E-state index contributed by atoms with van der Waals surface area (Å²) in [6, 6.07) is 0. The van der Waals surface area contributed by atoms with Gasteiger partial charge in [0.05, 0.1) is 12.3 Å². The van der Waals surface area contributed by atoms with E-state index in [9.17, 15) is 4.79 Å². The van der Waals surface area contributed by atoms with E-state index in [1.807, 2.05) is 5.38 Å². The lowest BCUT2D eigenvalue weighted by Crippen LogP contribution is -2.15. The molecular formula is C12H17N3O3S. The fraction of sp³-hybridized carbons (Fsp3) is 0.583. The molecule has 0 bridgehead atoms. The van der Waals surface area contributed by atoms with E-state index in [1.165, 1.54) is 11.3 Å². The fourth-order valence-corrected chi connectivity index (χ4v) is 2.82. The highest BCUT2D eigenvalue weighted by atomic mass is 32.1. The summed E-state index contributed by atoms with van der Waals surface area (Å²) in [6.07, 6.45) is 3.98. The number of rotatable bonds is 5. The molecule has 0 aliphatic heterocycles. The van der Waals surface area contributed by atoms with Gasteiger partial charge in [-0.3, -0.25) is 0 Å². The third-order valence-corrected chi connectivity index (χ3v) is 3.71. The van der Waals surface area contributed by atoms with Crippen molar-refractivity contribution >= 4 is 28.7 Å². The SMILES string of the molecule is CCOC(=O)C=NOC1CCCC1c1csc(N)n1. The molecule has 1 saturated carbocycles. The summed E-state index contributed by atoms with van der Waals surface area (Å²) in [6.45, 7) is 2.07. The lowest BCUT2D eigenvalue weighted by atomic mass is 10.0. The maximum absolute atomic E-state index is 11.1. The summed E-state index contributed by atoms with van der Waals surface area (Å²) >= 11 is 1.43. The van der Waals surface area contributed by atoms with Gasteiger partial charge in [0.2, 0.25) is 0 Å². The normalized spacial score (nSPS) is 22.8. The van der Waals surface area contributed by atoms with Crippen LogP contribution < -0.4 is 5.73 Å². The molecule has 6 nitrogen and oxygen atoms in total. The molecule has 2 atom stereocenters. The number of anilines is 1. The smallest absolute Gasteiger partial charge is 0.352 e. The van der Waals surface area contributed by atoms with Gasteiger partial charge >= 0.3 is 5.97 Å². The lowest BCUT2D eigenvalue weighted by Gasteiger charge is -2.15. The Bertz CT molecular complexity index is 461. The second-order valence-electron chi connectivity index (χ2n) is 4.28. The molecule has 2 unspecified atom stereocenters. The van der Waals surface area contributed by atoms with Crippen LogP contribution in [0.3, 0.4) is 0 Å². The van der Waals surface area contributed by atoms with Crippen LogP contribution in [0.2, 0.25) is 0 Å². The van der Waals surface area contributed by atoms with Crippen molar-refractivity contribution in [2.75, 3.05) is 12.3 Å². The van der Waals surface area contributed by atoms with Crippen molar-refractivity contribution < 1.29 is 14.4 Å². The predicted octanol–water partition coefficient (Wildman–Crippen LogP) is 1.93. The molecule has 0 radical (unpaired) electrons. The standard InChI is InChI=1S/C12H17N3O3S/c1-2-17-11(16)6-14-18-10-5-3-4-8(10)9-7-19-12(13)15-9/h6-8,10H,2-5H2,1H3,(H2,13,15). The van der Waals surface area contributed by atoms with Crippen LogP contribution in [0.15, 0.2) is 10.5 Å². The highest BCUT2D eigenvalue weighted by Gasteiger charge is 2.32. The topological polar surface area (TPSA) is 86.8 Å². The molecule has 1 fully saturated rings. The van der Waals surface area contributed by atoms with Gasteiger partial charge in [-0.25, -0.2) is 9.78 Å². The average molecular weight is 283 g/mol. The Morgan fingerprint density at radius 1 is 1.68 bits per heavy atom. The number of hydrogen-bond donors (Lipinski definition) is 1. The van der Waals surface area contributed by atoms with E-state index in [0.29, 0.717) is 11.7 Å².